The van der Waals surface area contributed by atoms with Crippen LogP contribution in [-0.4, -0.2) is 29.6 Å². The number of methoxy groups -OCH3 is 1. The minimum atomic E-state index is -0.0784. The fourth-order valence-electron chi connectivity index (χ4n) is 1.89. The summed E-state index contributed by atoms with van der Waals surface area (Å²) in [4.78, 5) is 13.3. The van der Waals surface area contributed by atoms with Crippen molar-refractivity contribution in [3.8, 4) is 0 Å². The molecule has 0 aromatic rings. The summed E-state index contributed by atoms with van der Waals surface area (Å²) in [7, 11) is 1.56. The number of aliphatic hydroxyl groups is 1. The molecule has 19 heavy (non-hydrogen) atoms. The van der Waals surface area contributed by atoms with Crippen molar-refractivity contribution in [2.45, 2.75) is 19.3 Å². The molecule has 1 aliphatic carbocycles. The lowest BCUT2D eigenvalue weighted by molar-refractivity contribution is -0.127. The normalized spacial score (nSPS) is 18.4. The Morgan fingerprint density at radius 2 is 2.42 bits per heavy atom. The summed E-state index contributed by atoms with van der Waals surface area (Å²) in [6, 6.07) is 0. The molecular weight excluding hydrogens is 246 g/mol. The maximum atomic E-state index is 11.9. The van der Waals surface area contributed by atoms with Crippen molar-refractivity contribution in [3.63, 3.8) is 0 Å². The van der Waals surface area contributed by atoms with Gasteiger partial charge in [-0.15, -0.1) is 0 Å². The minimum Gasteiger partial charge on any atom is -0.508 e. The van der Waals surface area contributed by atoms with Gasteiger partial charge in [-0.05, 0) is 18.9 Å². The third-order valence-corrected chi connectivity index (χ3v) is 2.92. The number of ether oxygens (including phenoxy) is 2. The van der Waals surface area contributed by atoms with Gasteiger partial charge in [0, 0.05) is 18.9 Å². The smallest absolute Gasteiger partial charge is 0.233 e. The van der Waals surface area contributed by atoms with Gasteiger partial charge in [-0.25, -0.2) is 0 Å². The Kier molecular flexibility index (Phi) is 4.41. The maximum Gasteiger partial charge on any atom is 0.233 e. The summed E-state index contributed by atoms with van der Waals surface area (Å²) >= 11 is 0. The van der Waals surface area contributed by atoms with Gasteiger partial charge in [-0.3, -0.25) is 9.69 Å². The highest BCUT2D eigenvalue weighted by molar-refractivity contribution is 5.78. The molecule has 2 rings (SSSR count). The van der Waals surface area contributed by atoms with Crippen LogP contribution >= 0.6 is 0 Å². The van der Waals surface area contributed by atoms with Gasteiger partial charge in [0.1, 0.15) is 17.8 Å². The molecule has 2 aliphatic rings. The van der Waals surface area contributed by atoms with Crippen LogP contribution in [0.25, 0.3) is 0 Å². The molecule has 0 aromatic carbocycles. The second-order valence-electron chi connectivity index (χ2n) is 4.25. The largest absolute Gasteiger partial charge is 0.508 e. The first-order valence-electron chi connectivity index (χ1n) is 6.16. The molecule has 0 saturated carbocycles. The lowest BCUT2D eigenvalue weighted by atomic mass is 10.0. The molecule has 1 amide bonds. The lowest BCUT2D eigenvalue weighted by Crippen LogP contribution is -2.24. The molecule has 0 atom stereocenters. The zero-order valence-electron chi connectivity index (χ0n) is 10.8. The third kappa shape index (κ3) is 3.26. The van der Waals surface area contributed by atoms with Gasteiger partial charge in [-0.2, -0.15) is 0 Å². The first-order valence-corrected chi connectivity index (χ1v) is 6.16. The predicted octanol–water partition coefficient (Wildman–Crippen LogP) is 2.36. The van der Waals surface area contributed by atoms with Crippen LogP contribution in [0.15, 0.2) is 47.9 Å². The summed E-state index contributed by atoms with van der Waals surface area (Å²) in [5.41, 5.74) is 0.719. The molecule has 102 valence electrons. The number of carbonyl (C=O) groups is 1. The van der Waals surface area contributed by atoms with Crippen LogP contribution in [0, 0.1) is 0 Å². The van der Waals surface area contributed by atoms with E-state index in [0.717, 1.165) is 12.0 Å². The number of rotatable bonds is 4. The monoisotopic (exact) mass is 263 g/mol. The van der Waals surface area contributed by atoms with Crippen LogP contribution < -0.4 is 0 Å². The van der Waals surface area contributed by atoms with Crippen molar-refractivity contribution >= 4 is 5.91 Å². The number of nitrogens with zero attached hydrogens (tertiary/aromatic N) is 1. The molecule has 1 aliphatic heterocycles. The van der Waals surface area contributed by atoms with E-state index in [2.05, 4.69) is 0 Å². The van der Waals surface area contributed by atoms with Crippen molar-refractivity contribution < 1.29 is 19.4 Å². The Labute approximate surface area is 112 Å². The molecule has 1 heterocycles. The van der Waals surface area contributed by atoms with E-state index in [9.17, 15) is 9.90 Å². The highest BCUT2D eigenvalue weighted by Gasteiger charge is 2.19. The van der Waals surface area contributed by atoms with Crippen molar-refractivity contribution in [2.75, 3.05) is 13.7 Å². The summed E-state index contributed by atoms with van der Waals surface area (Å²) in [5.74, 6) is 0.623. The summed E-state index contributed by atoms with van der Waals surface area (Å²) < 4.78 is 10.3. The topological polar surface area (TPSA) is 59.0 Å². The van der Waals surface area contributed by atoms with Gasteiger partial charge in [0.2, 0.25) is 5.91 Å². The van der Waals surface area contributed by atoms with Crippen molar-refractivity contribution in [1.29, 1.82) is 0 Å². The molecule has 5 heteroatoms. The van der Waals surface area contributed by atoms with Crippen molar-refractivity contribution in [1.82, 2.24) is 4.90 Å². The average molecular weight is 263 g/mol. The summed E-state index contributed by atoms with van der Waals surface area (Å²) in [6.45, 7) is 0.379. The fourth-order valence-corrected chi connectivity index (χ4v) is 1.89. The van der Waals surface area contributed by atoms with Gasteiger partial charge in [0.25, 0.3) is 0 Å². The first-order chi connectivity index (χ1) is 9.22. The fraction of sp³-hybridized carbons (Fsp3) is 0.357. The van der Waals surface area contributed by atoms with Crippen LogP contribution in [0.1, 0.15) is 19.3 Å². The molecule has 0 bridgehead atoms. The quantitative estimate of drug-likeness (QED) is 0.845. The zero-order valence-corrected chi connectivity index (χ0v) is 10.8. The first kappa shape index (κ1) is 13.4. The van der Waals surface area contributed by atoms with E-state index < -0.39 is 0 Å². The van der Waals surface area contributed by atoms with Gasteiger partial charge in [-0.1, -0.05) is 6.08 Å². The van der Waals surface area contributed by atoms with Gasteiger partial charge >= 0.3 is 0 Å². The van der Waals surface area contributed by atoms with E-state index in [-0.39, 0.29) is 11.7 Å². The number of hydrogen-bond donors (Lipinski definition) is 1. The van der Waals surface area contributed by atoms with E-state index in [1.165, 1.54) is 11.2 Å². The molecule has 0 saturated heterocycles. The summed E-state index contributed by atoms with van der Waals surface area (Å²) in [5, 5.41) is 9.81. The van der Waals surface area contributed by atoms with Gasteiger partial charge in [0.05, 0.1) is 19.2 Å². The van der Waals surface area contributed by atoms with Crippen LogP contribution in [0.3, 0.4) is 0 Å². The average Bonchev–Trinajstić information content (AvgIpc) is 2.45. The van der Waals surface area contributed by atoms with Crippen LogP contribution in [0.4, 0.5) is 0 Å². The van der Waals surface area contributed by atoms with Gasteiger partial charge in [0.15, 0.2) is 0 Å². The Balaban J connectivity index is 2.12. The number of amides is 1. The second-order valence-corrected chi connectivity index (χ2v) is 4.25. The number of hydrogen-bond acceptors (Lipinski definition) is 4. The highest BCUT2D eigenvalue weighted by atomic mass is 16.5. The Morgan fingerprint density at radius 3 is 3.16 bits per heavy atom. The highest BCUT2D eigenvalue weighted by Crippen LogP contribution is 2.27. The number of allylic oxidation sites excluding steroid dienone is 3. The minimum absolute atomic E-state index is 0.0784. The van der Waals surface area contributed by atoms with E-state index in [0.29, 0.717) is 25.2 Å². The van der Waals surface area contributed by atoms with E-state index in [4.69, 9.17) is 9.47 Å². The Morgan fingerprint density at radius 1 is 1.58 bits per heavy atom. The maximum absolute atomic E-state index is 11.9. The van der Waals surface area contributed by atoms with Gasteiger partial charge < -0.3 is 14.6 Å². The Hall–Kier alpha value is -2.01. The molecule has 0 unspecified atom stereocenters. The van der Waals surface area contributed by atoms with Crippen molar-refractivity contribution in [3.05, 3.63) is 47.9 Å². The standard InChI is InChI=1S/C14H17NO4/c1-18-8-6-14(17)15-7-9-19-13(10-15)11-4-2-3-5-12(11)16/h3,5,7,9-10,16H,2,4,6,8H2,1H3. The van der Waals surface area contributed by atoms with E-state index in [1.807, 2.05) is 6.08 Å². The molecular formula is C14H17NO4. The molecule has 0 aromatic heterocycles. The number of carbonyl (C=O) groups excluding carboxylic acids is 1. The molecule has 0 fully saturated rings. The second kappa shape index (κ2) is 6.24. The zero-order chi connectivity index (χ0) is 13.7. The molecule has 0 radical (unpaired) electrons. The van der Waals surface area contributed by atoms with E-state index >= 15 is 0 Å². The Bertz CT molecular complexity index is 474. The van der Waals surface area contributed by atoms with E-state index in [1.54, 1.807) is 25.6 Å². The summed E-state index contributed by atoms with van der Waals surface area (Å²) in [6.07, 6.45) is 10.00. The lowest BCUT2D eigenvalue weighted by Gasteiger charge is -2.22. The van der Waals surface area contributed by atoms with Crippen molar-refractivity contribution in [2.24, 2.45) is 0 Å². The third-order valence-electron chi connectivity index (χ3n) is 2.92. The SMILES string of the molecule is COCCC(=O)N1C=COC(C2=C(O)C=CCC2)=C1. The molecule has 1 N–H and O–H groups in total. The van der Waals surface area contributed by atoms with Crippen LogP contribution in [0.2, 0.25) is 0 Å². The van der Waals surface area contributed by atoms with Crippen LogP contribution in [-0.2, 0) is 14.3 Å². The predicted molar refractivity (Wildman–Crippen MR) is 69.7 cm³/mol. The molecule has 5 nitrogen and oxygen atoms in total. The molecule has 0 spiro atoms. The van der Waals surface area contributed by atoms with Crippen LogP contribution in [0.5, 0.6) is 0 Å². The number of aliphatic hydroxyl groups excluding tert-OH is 1.